The van der Waals surface area contributed by atoms with Crippen LogP contribution in [0, 0.1) is 0 Å². The Labute approximate surface area is 228 Å². The van der Waals surface area contributed by atoms with Gasteiger partial charge in [-0.15, -0.1) is 0 Å². The summed E-state index contributed by atoms with van der Waals surface area (Å²) in [4.78, 5) is 22.2. The molecule has 0 aromatic heterocycles. The van der Waals surface area contributed by atoms with Crippen LogP contribution in [0.5, 0.6) is 23.0 Å². The number of para-hydroxylation sites is 2. The van der Waals surface area contributed by atoms with Crippen LogP contribution >= 0.6 is 0 Å². The Hall–Kier alpha value is -5.00. The Kier molecular flexibility index (Phi) is 7.69. The average Bonchev–Trinajstić information content (AvgIpc) is 2.90. The third-order valence-electron chi connectivity index (χ3n) is 6.09. The minimum absolute atomic E-state index is 0.173. The third kappa shape index (κ3) is 5.53. The van der Waals surface area contributed by atoms with E-state index in [0.717, 1.165) is 72.8 Å². The molecule has 4 aromatic carbocycles. The van der Waals surface area contributed by atoms with Gasteiger partial charge in [-0.25, -0.2) is 9.59 Å². The van der Waals surface area contributed by atoms with Crippen molar-refractivity contribution < 1.29 is 55.6 Å². The van der Waals surface area contributed by atoms with Gasteiger partial charge in [0.1, 0.15) is 23.0 Å². The van der Waals surface area contributed by atoms with Crippen molar-refractivity contribution in [1.82, 2.24) is 0 Å². The van der Waals surface area contributed by atoms with Gasteiger partial charge < -0.3 is 19.7 Å². The van der Waals surface area contributed by atoms with Crippen molar-refractivity contribution in [3.05, 3.63) is 119 Å². The van der Waals surface area contributed by atoms with Crippen LogP contribution < -0.4 is 9.47 Å². The minimum Gasteiger partial charge on any atom is -0.478 e. The van der Waals surface area contributed by atoms with Crippen LogP contribution in [-0.4, -0.2) is 34.5 Å². The molecule has 0 bridgehead atoms. The molecule has 6 nitrogen and oxygen atoms in total. The molecule has 4 aromatic rings. The van der Waals surface area contributed by atoms with Crippen molar-refractivity contribution in [2.24, 2.45) is 0 Å². The van der Waals surface area contributed by atoms with Crippen molar-refractivity contribution in [3.63, 3.8) is 0 Å². The van der Waals surface area contributed by atoms with Crippen molar-refractivity contribution in [3.8, 4) is 23.0 Å². The Bertz CT molecular complexity index is 1440. The van der Waals surface area contributed by atoms with Crippen molar-refractivity contribution in [1.29, 1.82) is 0 Å². The monoisotopic (exact) mass is 576 g/mol. The molecule has 41 heavy (non-hydrogen) atoms. The lowest BCUT2D eigenvalue weighted by atomic mass is 9.72. The van der Waals surface area contributed by atoms with E-state index >= 15 is 26.3 Å². The van der Waals surface area contributed by atoms with Gasteiger partial charge in [0.2, 0.25) is 5.41 Å². The molecule has 4 rings (SSSR count). The number of benzene rings is 4. The van der Waals surface area contributed by atoms with Gasteiger partial charge in [0.15, 0.2) is 0 Å². The fourth-order valence-corrected chi connectivity index (χ4v) is 4.23. The van der Waals surface area contributed by atoms with Gasteiger partial charge in [0.25, 0.3) is 0 Å². The van der Waals surface area contributed by atoms with Crippen LogP contribution in [0.3, 0.4) is 0 Å². The topological polar surface area (TPSA) is 93.1 Å². The number of carboxylic acids is 2. The normalized spacial score (nSPS) is 12.0. The molecular weight excluding hydrogens is 558 g/mol. The Morgan fingerprint density at radius 1 is 0.512 bits per heavy atom. The van der Waals surface area contributed by atoms with Gasteiger partial charge in [-0.05, 0) is 60.7 Å². The minimum atomic E-state index is -5.98. The van der Waals surface area contributed by atoms with Crippen LogP contribution in [0.15, 0.2) is 97.1 Å². The first kappa shape index (κ1) is 29.0. The number of carboxylic acid groups (broad SMARTS) is 2. The highest BCUT2D eigenvalue weighted by molar-refractivity contribution is 5.88. The molecule has 0 aliphatic carbocycles. The summed E-state index contributed by atoms with van der Waals surface area (Å²) in [6.45, 7) is 0. The molecule has 12 heteroatoms. The lowest BCUT2D eigenvalue weighted by Gasteiger charge is -2.39. The Morgan fingerprint density at radius 3 is 1.12 bits per heavy atom. The zero-order chi connectivity index (χ0) is 30.0. The van der Waals surface area contributed by atoms with Gasteiger partial charge in [-0.2, -0.15) is 26.3 Å². The molecule has 0 saturated carbocycles. The summed E-state index contributed by atoms with van der Waals surface area (Å²) in [5, 5.41) is 18.1. The third-order valence-corrected chi connectivity index (χ3v) is 6.09. The molecule has 0 aliphatic heterocycles. The molecule has 2 N–H and O–H groups in total. The van der Waals surface area contributed by atoms with E-state index in [2.05, 4.69) is 0 Å². The predicted molar refractivity (Wildman–Crippen MR) is 133 cm³/mol. The lowest BCUT2D eigenvalue weighted by Crippen LogP contribution is -2.55. The fraction of sp³-hybridized carbons (Fsp3) is 0.103. The highest BCUT2D eigenvalue weighted by Crippen LogP contribution is 2.60. The van der Waals surface area contributed by atoms with Crippen LogP contribution in [-0.2, 0) is 5.41 Å². The molecule has 0 atom stereocenters. The van der Waals surface area contributed by atoms with Gasteiger partial charge in [-0.3, -0.25) is 0 Å². The second-order valence-electron chi connectivity index (χ2n) is 8.60. The smallest absolute Gasteiger partial charge is 0.411 e. The molecule has 0 saturated heterocycles. The van der Waals surface area contributed by atoms with Crippen molar-refractivity contribution in [2.45, 2.75) is 17.8 Å². The van der Waals surface area contributed by atoms with Gasteiger partial charge in [0, 0.05) is 11.1 Å². The zero-order valence-corrected chi connectivity index (χ0v) is 20.5. The summed E-state index contributed by atoms with van der Waals surface area (Å²) in [5.41, 5.74) is -7.59. The van der Waals surface area contributed by atoms with Crippen LogP contribution in [0.1, 0.15) is 31.8 Å². The second kappa shape index (κ2) is 10.9. The predicted octanol–water partition coefficient (Wildman–Crippen LogP) is 8.08. The molecule has 212 valence electrons. The van der Waals surface area contributed by atoms with E-state index < -0.39 is 52.3 Å². The molecular formula is C29H18F6O6. The summed E-state index contributed by atoms with van der Waals surface area (Å²) >= 11 is 0. The lowest BCUT2D eigenvalue weighted by molar-refractivity contribution is -0.289. The Morgan fingerprint density at radius 2 is 0.829 bits per heavy atom. The molecule has 0 radical (unpaired) electrons. The highest BCUT2D eigenvalue weighted by atomic mass is 19.4. The van der Waals surface area contributed by atoms with Gasteiger partial charge in [0.05, 0.1) is 11.1 Å². The number of alkyl halides is 6. The van der Waals surface area contributed by atoms with Gasteiger partial charge in [-0.1, -0.05) is 36.4 Å². The van der Waals surface area contributed by atoms with Crippen molar-refractivity contribution in [2.75, 3.05) is 0 Å². The van der Waals surface area contributed by atoms with Crippen LogP contribution in [0.25, 0.3) is 0 Å². The van der Waals surface area contributed by atoms with E-state index in [0.29, 0.717) is 12.1 Å². The summed E-state index contributed by atoms with van der Waals surface area (Å²) in [5.74, 6) is -4.57. The van der Waals surface area contributed by atoms with E-state index in [-0.39, 0.29) is 22.6 Å². The Balaban J connectivity index is 1.92. The number of hydrogen-bond donors (Lipinski definition) is 2. The van der Waals surface area contributed by atoms with E-state index in [4.69, 9.17) is 19.7 Å². The maximum atomic E-state index is 15.0. The summed E-state index contributed by atoms with van der Waals surface area (Å²) < 4.78 is 101. The first-order valence-electron chi connectivity index (χ1n) is 11.6. The maximum Gasteiger partial charge on any atom is 0.411 e. The fourth-order valence-electron chi connectivity index (χ4n) is 4.23. The van der Waals surface area contributed by atoms with E-state index in [1.165, 1.54) is 12.1 Å². The molecule has 0 unspecified atom stereocenters. The van der Waals surface area contributed by atoms with E-state index in [1.807, 2.05) is 0 Å². The molecule has 0 fully saturated rings. The SMILES string of the molecule is O=C(O)c1ccc(Oc2ccccc2C(c2ccccc2Oc2ccc(C(=O)O)cc2)(C(F)(F)F)C(F)(F)F)cc1. The number of ether oxygens (including phenoxy) is 2. The number of aromatic carboxylic acids is 2. The molecule has 0 heterocycles. The first-order valence-corrected chi connectivity index (χ1v) is 11.6. The summed E-state index contributed by atoms with van der Waals surface area (Å²) in [7, 11) is 0. The van der Waals surface area contributed by atoms with Crippen LogP contribution in [0.2, 0.25) is 0 Å². The standard InChI is InChI=1S/C29H18F6O6/c30-28(31,32)27(29(33,34)35,21-5-1-3-7-23(21)40-19-13-9-17(10-14-19)25(36)37)22-6-2-4-8-24(22)41-20-15-11-18(12-16-20)26(38)39/h1-16H,(H,36,37)(H,38,39). The summed E-state index contributed by atoms with van der Waals surface area (Å²) in [6.07, 6.45) is -12.0. The first-order chi connectivity index (χ1) is 19.3. The molecule has 0 spiro atoms. The number of hydrogen-bond acceptors (Lipinski definition) is 4. The maximum absolute atomic E-state index is 15.0. The van der Waals surface area contributed by atoms with Crippen LogP contribution in [0.4, 0.5) is 26.3 Å². The average molecular weight is 576 g/mol. The number of carbonyl (C=O) groups is 2. The van der Waals surface area contributed by atoms with E-state index in [1.54, 1.807) is 0 Å². The zero-order valence-electron chi connectivity index (χ0n) is 20.5. The summed E-state index contributed by atoms with van der Waals surface area (Å²) in [6, 6.07) is 16.2. The number of rotatable bonds is 8. The second-order valence-corrected chi connectivity index (χ2v) is 8.60. The largest absolute Gasteiger partial charge is 0.478 e. The highest BCUT2D eigenvalue weighted by Gasteiger charge is 2.74. The molecule has 0 aliphatic rings. The van der Waals surface area contributed by atoms with E-state index in [9.17, 15) is 9.59 Å². The van der Waals surface area contributed by atoms with Crippen molar-refractivity contribution >= 4 is 11.9 Å². The van der Waals surface area contributed by atoms with Gasteiger partial charge >= 0.3 is 24.3 Å². The molecule has 0 amide bonds. The quantitative estimate of drug-likeness (QED) is 0.206. The number of halogens is 6.